The molecule has 4 heterocycles. The van der Waals surface area contributed by atoms with Gasteiger partial charge in [-0.3, -0.25) is 4.79 Å². The second-order valence-corrected chi connectivity index (χ2v) is 11.4. The highest BCUT2D eigenvalue weighted by atomic mass is 79.9. The predicted molar refractivity (Wildman–Crippen MR) is 150 cm³/mol. The number of benzene rings is 2. The number of likely N-dealkylation sites (tertiary alicyclic amines) is 1. The standard InChI is InChI=1S/C28H31BrN6O3/c1-33-16-28(17-33)9-11-35(12-10-28)19-7-8-21(23(13-19)37-3)31-27-30-14-20(29)25(32-27)38-22-6-4-5-18-15-34(2)26(36)24(18)22/h4-8,13-14H,9-12,15-17H2,1-3H3,(H,30,31,32). The second-order valence-electron chi connectivity index (χ2n) is 10.6. The van der Waals surface area contributed by atoms with E-state index in [0.717, 1.165) is 35.8 Å². The van der Waals surface area contributed by atoms with Crippen molar-refractivity contribution < 1.29 is 14.3 Å². The predicted octanol–water partition coefficient (Wildman–Crippen LogP) is 4.90. The number of nitrogens with zero attached hydrogens (tertiary/aromatic N) is 5. The van der Waals surface area contributed by atoms with Crippen LogP contribution in [0.5, 0.6) is 17.4 Å². The second kappa shape index (κ2) is 9.74. The molecule has 2 fully saturated rings. The maximum absolute atomic E-state index is 12.6. The molecule has 3 aliphatic rings. The number of piperidine rings is 1. The van der Waals surface area contributed by atoms with Gasteiger partial charge in [-0.2, -0.15) is 4.98 Å². The van der Waals surface area contributed by atoms with Crippen molar-refractivity contribution in [3.63, 3.8) is 0 Å². The fourth-order valence-electron chi connectivity index (χ4n) is 5.90. The van der Waals surface area contributed by atoms with Crippen LogP contribution < -0.4 is 19.7 Å². The number of methoxy groups -OCH3 is 1. The van der Waals surface area contributed by atoms with Gasteiger partial charge >= 0.3 is 0 Å². The molecule has 0 atom stereocenters. The number of halogens is 1. The number of hydrogen-bond donors (Lipinski definition) is 1. The van der Waals surface area contributed by atoms with Gasteiger partial charge in [0.2, 0.25) is 11.8 Å². The van der Waals surface area contributed by atoms with E-state index in [0.29, 0.717) is 39.6 Å². The summed E-state index contributed by atoms with van der Waals surface area (Å²) in [6.07, 6.45) is 4.08. The number of rotatable bonds is 6. The lowest BCUT2D eigenvalue weighted by atomic mass is 9.72. The van der Waals surface area contributed by atoms with E-state index in [-0.39, 0.29) is 5.91 Å². The van der Waals surface area contributed by atoms with Gasteiger partial charge in [-0.05, 0) is 65.0 Å². The van der Waals surface area contributed by atoms with Gasteiger partial charge in [-0.15, -0.1) is 0 Å². The summed E-state index contributed by atoms with van der Waals surface area (Å²) in [5.41, 5.74) is 3.94. The first-order valence-corrected chi connectivity index (χ1v) is 13.6. The lowest BCUT2D eigenvalue weighted by Gasteiger charge is -2.53. The average Bonchev–Trinajstić information content (AvgIpc) is 3.20. The van der Waals surface area contributed by atoms with Crippen LogP contribution in [0.1, 0.15) is 28.8 Å². The summed E-state index contributed by atoms with van der Waals surface area (Å²) in [5.74, 6) is 1.81. The van der Waals surface area contributed by atoms with Crippen molar-refractivity contribution >= 4 is 39.2 Å². The first-order chi connectivity index (χ1) is 18.3. The smallest absolute Gasteiger partial charge is 0.258 e. The summed E-state index contributed by atoms with van der Waals surface area (Å²) in [6, 6.07) is 11.8. The van der Waals surface area contributed by atoms with Gasteiger partial charge in [0.15, 0.2) is 0 Å². The van der Waals surface area contributed by atoms with Gasteiger partial charge < -0.3 is 29.5 Å². The fraction of sp³-hybridized carbons (Fsp3) is 0.393. The van der Waals surface area contributed by atoms with Crippen molar-refractivity contribution in [2.24, 2.45) is 5.41 Å². The Labute approximate surface area is 230 Å². The number of anilines is 3. The average molecular weight is 579 g/mol. The van der Waals surface area contributed by atoms with Crippen LogP contribution in [-0.2, 0) is 6.54 Å². The normalized spacial score (nSPS) is 18.4. The van der Waals surface area contributed by atoms with Crippen LogP contribution in [0.3, 0.4) is 0 Å². The molecule has 38 heavy (non-hydrogen) atoms. The number of hydrogen-bond acceptors (Lipinski definition) is 8. The van der Waals surface area contributed by atoms with E-state index in [1.807, 2.05) is 18.2 Å². The zero-order chi connectivity index (χ0) is 26.4. The van der Waals surface area contributed by atoms with Crippen LogP contribution in [0, 0.1) is 5.41 Å². The highest BCUT2D eigenvalue weighted by molar-refractivity contribution is 9.10. The number of carbonyl (C=O) groups excluding carboxylic acids is 1. The zero-order valence-corrected chi connectivity index (χ0v) is 23.4. The molecule has 1 amide bonds. The first kappa shape index (κ1) is 24.9. The number of aromatic nitrogens is 2. The van der Waals surface area contributed by atoms with Crippen LogP contribution in [0.4, 0.5) is 17.3 Å². The third-order valence-electron chi connectivity index (χ3n) is 7.83. The molecule has 1 N–H and O–H groups in total. The fourth-order valence-corrected chi connectivity index (χ4v) is 6.17. The molecule has 3 aromatic rings. The Morgan fingerprint density at radius 2 is 1.87 bits per heavy atom. The van der Waals surface area contributed by atoms with Crippen LogP contribution in [-0.4, -0.2) is 73.1 Å². The Morgan fingerprint density at radius 3 is 2.61 bits per heavy atom. The highest BCUT2D eigenvalue weighted by Crippen LogP contribution is 2.42. The van der Waals surface area contributed by atoms with Crippen molar-refractivity contribution in [1.29, 1.82) is 0 Å². The largest absolute Gasteiger partial charge is 0.494 e. The molecular formula is C28H31BrN6O3. The monoisotopic (exact) mass is 578 g/mol. The molecule has 9 nitrogen and oxygen atoms in total. The molecule has 0 unspecified atom stereocenters. The van der Waals surface area contributed by atoms with Crippen molar-refractivity contribution in [1.82, 2.24) is 19.8 Å². The van der Waals surface area contributed by atoms with Gasteiger partial charge in [-0.25, -0.2) is 4.98 Å². The summed E-state index contributed by atoms with van der Waals surface area (Å²) < 4.78 is 12.4. The van der Waals surface area contributed by atoms with Crippen molar-refractivity contribution in [3.05, 3.63) is 58.2 Å². The first-order valence-electron chi connectivity index (χ1n) is 12.8. The number of nitrogens with one attached hydrogen (secondary N) is 1. The van der Waals surface area contributed by atoms with Crippen molar-refractivity contribution in [2.75, 3.05) is 57.6 Å². The van der Waals surface area contributed by atoms with E-state index in [9.17, 15) is 4.79 Å². The van der Waals surface area contributed by atoms with Gasteiger partial charge in [0.25, 0.3) is 5.91 Å². The molecule has 2 saturated heterocycles. The van der Waals surface area contributed by atoms with E-state index < -0.39 is 0 Å². The van der Waals surface area contributed by atoms with Crippen LogP contribution in [0.2, 0.25) is 0 Å². The molecular weight excluding hydrogens is 548 g/mol. The number of ether oxygens (including phenoxy) is 2. The molecule has 0 bridgehead atoms. The van der Waals surface area contributed by atoms with E-state index in [2.05, 4.69) is 60.2 Å². The quantitative estimate of drug-likeness (QED) is 0.442. The van der Waals surface area contributed by atoms with Crippen LogP contribution in [0.15, 0.2) is 47.1 Å². The minimum atomic E-state index is -0.0622. The third-order valence-corrected chi connectivity index (χ3v) is 8.37. The summed E-state index contributed by atoms with van der Waals surface area (Å²) in [5, 5.41) is 3.26. The molecule has 0 aliphatic carbocycles. The van der Waals surface area contributed by atoms with Gasteiger partial charge in [0.05, 0.1) is 29.0 Å². The summed E-state index contributed by atoms with van der Waals surface area (Å²) >= 11 is 3.48. The topological polar surface area (TPSA) is 83.1 Å². The molecule has 1 spiro atoms. The molecule has 3 aliphatic heterocycles. The maximum atomic E-state index is 12.6. The Balaban J connectivity index is 1.19. The minimum Gasteiger partial charge on any atom is -0.494 e. The molecule has 6 rings (SSSR count). The summed E-state index contributed by atoms with van der Waals surface area (Å²) in [4.78, 5) is 28.1. The van der Waals surface area contributed by atoms with E-state index in [1.165, 1.54) is 25.9 Å². The summed E-state index contributed by atoms with van der Waals surface area (Å²) in [6.45, 7) is 5.11. The Morgan fingerprint density at radius 1 is 1.08 bits per heavy atom. The van der Waals surface area contributed by atoms with Crippen LogP contribution >= 0.6 is 15.9 Å². The molecule has 2 aromatic carbocycles. The summed E-state index contributed by atoms with van der Waals surface area (Å²) in [7, 11) is 5.65. The number of fused-ring (bicyclic) bond motifs is 1. The van der Waals surface area contributed by atoms with E-state index >= 15 is 0 Å². The van der Waals surface area contributed by atoms with Gasteiger partial charge in [0, 0.05) is 51.5 Å². The van der Waals surface area contributed by atoms with E-state index in [4.69, 9.17) is 9.47 Å². The lowest BCUT2D eigenvalue weighted by molar-refractivity contribution is 0.00131. The Bertz CT molecular complexity index is 1380. The minimum absolute atomic E-state index is 0.0622. The lowest BCUT2D eigenvalue weighted by Crippen LogP contribution is -2.58. The third kappa shape index (κ3) is 4.56. The van der Waals surface area contributed by atoms with E-state index in [1.54, 1.807) is 31.3 Å². The number of carbonyl (C=O) groups is 1. The van der Waals surface area contributed by atoms with Crippen LogP contribution in [0.25, 0.3) is 0 Å². The van der Waals surface area contributed by atoms with Gasteiger partial charge in [0.1, 0.15) is 11.5 Å². The van der Waals surface area contributed by atoms with Crippen molar-refractivity contribution in [3.8, 4) is 17.4 Å². The Kier molecular flexibility index (Phi) is 6.39. The molecule has 10 heteroatoms. The molecule has 0 saturated carbocycles. The number of amides is 1. The van der Waals surface area contributed by atoms with Gasteiger partial charge in [-0.1, -0.05) is 12.1 Å². The maximum Gasteiger partial charge on any atom is 0.258 e. The highest BCUT2D eigenvalue weighted by Gasteiger charge is 2.43. The molecule has 1 aromatic heterocycles. The van der Waals surface area contributed by atoms with Crippen molar-refractivity contribution in [2.45, 2.75) is 19.4 Å². The zero-order valence-electron chi connectivity index (χ0n) is 21.8. The molecule has 0 radical (unpaired) electrons. The molecule has 198 valence electrons. The SMILES string of the molecule is COc1cc(N2CCC3(CC2)CN(C)C3)ccc1Nc1ncc(Br)c(Oc2cccc3c2C(=O)N(C)C3)n1. The Hall–Kier alpha value is -3.37.